The van der Waals surface area contributed by atoms with Crippen LogP contribution in [0.2, 0.25) is 0 Å². The number of ketones is 1. The van der Waals surface area contributed by atoms with E-state index in [0.717, 1.165) is 38.0 Å². The summed E-state index contributed by atoms with van der Waals surface area (Å²) in [6, 6.07) is 0. The van der Waals surface area contributed by atoms with Crippen molar-refractivity contribution in [2.45, 2.75) is 83.5 Å². The monoisotopic (exact) mass is 330 g/mol. The number of aliphatic hydroxyl groups excluding tert-OH is 1. The van der Waals surface area contributed by atoms with Crippen LogP contribution in [0.25, 0.3) is 0 Å². The van der Waals surface area contributed by atoms with Crippen molar-refractivity contribution in [3.05, 3.63) is 11.6 Å². The van der Waals surface area contributed by atoms with Crippen LogP contribution in [0.1, 0.15) is 65.7 Å². The van der Waals surface area contributed by atoms with Gasteiger partial charge in [0, 0.05) is 5.41 Å². The van der Waals surface area contributed by atoms with Gasteiger partial charge in [-0.3, -0.25) is 4.79 Å². The van der Waals surface area contributed by atoms with Crippen LogP contribution in [0, 0.1) is 28.6 Å². The van der Waals surface area contributed by atoms with E-state index in [9.17, 15) is 9.90 Å². The number of ether oxygens (including phenoxy) is 1. The summed E-state index contributed by atoms with van der Waals surface area (Å²) in [5, 5.41) is 10.1. The van der Waals surface area contributed by atoms with Gasteiger partial charge in [-0.2, -0.15) is 0 Å². The standard InChI is InChI=1S/C21H30O3/c1-12(22)21-11-17-15-5-4-13-10-14(23)6-8-19(13,2)16(15)7-9-20(17,3)18(21)24-21/h4,14-18,23H,5-11H2,1-3H3/t14?,15?,16?,17?,18-,19-,20-,21-/m0/s1. The lowest BCUT2D eigenvalue weighted by atomic mass is 9.48. The number of hydrogen-bond acceptors (Lipinski definition) is 3. The molecule has 132 valence electrons. The van der Waals surface area contributed by atoms with Crippen molar-refractivity contribution in [2.75, 3.05) is 0 Å². The van der Waals surface area contributed by atoms with Crippen LogP contribution in [0.5, 0.6) is 0 Å². The van der Waals surface area contributed by atoms with Gasteiger partial charge in [-0.15, -0.1) is 0 Å². The van der Waals surface area contributed by atoms with Gasteiger partial charge in [-0.25, -0.2) is 0 Å². The second-order valence-corrected chi connectivity index (χ2v) is 9.85. The summed E-state index contributed by atoms with van der Waals surface area (Å²) in [6.07, 6.45) is 10.0. The van der Waals surface area contributed by atoms with Crippen LogP contribution in [0.3, 0.4) is 0 Å². The number of hydrogen-bond donors (Lipinski definition) is 1. The zero-order valence-electron chi connectivity index (χ0n) is 15.2. The van der Waals surface area contributed by atoms with Crippen molar-refractivity contribution in [1.29, 1.82) is 0 Å². The Morgan fingerprint density at radius 1 is 1.25 bits per heavy atom. The molecule has 0 bridgehead atoms. The molecule has 1 saturated heterocycles. The molecule has 24 heavy (non-hydrogen) atoms. The van der Waals surface area contributed by atoms with E-state index >= 15 is 0 Å². The maximum atomic E-state index is 12.2. The van der Waals surface area contributed by atoms with Crippen molar-refractivity contribution in [1.82, 2.24) is 0 Å². The zero-order chi connectivity index (χ0) is 16.9. The van der Waals surface area contributed by atoms with E-state index in [4.69, 9.17) is 4.74 Å². The van der Waals surface area contributed by atoms with Crippen molar-refractivity contribution in [3.8, 4) is 0 Å². The van der Waals surface area contributed by atoms with E-state index in [1.165, 1.54) is 18.4 Å². The zero-order valence-corrected chi connectivity index (χ0v) is 15.2. The van der Waals surface area contributed by atoms with Gasteiger partial charge in [0.1, 0.15) is 6.10 Å². The SMILES string of the molecule is CC(=O)[C@@]12CC3C4CC=C5CC(O)CC[C@]5(C)C4CC[C@]3(C)[C@@H]1O2. The molecule has 0 amide bonds. The second-order valence-electron chi connectivity index (χ2n) is 9.85. The number of fused-ring (bicyclic) bond motifs is 7. The lowest BCUT2D eigenvalue weighted by Gasteiger charge is -2.57. The minimum Gasteiger partial charge on any atom is -0.393 e. The van der Waals surface area contributed by atoms with Crippen LogP contribution in [-0.2, 0) is 9.53 Å². The molecule has 1 N–H and O–H groups in total. The lowest BCUT2D eigenvalue weighted by Crippen LogP contribution is -2.50. The van der Waals surface area contributed by atoms with E-state index < -0.39 is 5.60 Å². The van der Waals surface area contributed by atoms with E-state index in [0.29, 0.717) is 11.8 Å². The van der Waals surface area contributed by atoms with Crippen molar-refractivity contribution in [3.63, 3.8) is 0 Å². The molecule has 4 aliphatic carbocycles. The third kappa shape index (κ3) is 1.69. The molecule has 0 aromatic heterocycles. The molecule has 0 spiro atoms. The van der Waals surface area contributed by atoms with Gasteiger partial charge < -0.3 is 9.84 Å². The number of rotatable bonds is 1. The summed E-state index contributed by atoms with van der Waals surface area (Å²) in [5.74, 6) is 2.30. The number of epoxide rings is 1. The Morgan fingerprint density at radius 3 is 2.79 bits per heavy atom. The van der Waals surface area contributed by atoms with E-state index in [1.807, 2.05) is 0 Å². The number of allylic oxidation sites excluding steroid dienone is 1. The molecular formula is C21H30O3. The van der Waals surface area contributed by atoms with Crippen LogP contribution in [-0.4, -0.2) is 28.7 Å². The molecule has 5 rings (SSSR count). The normalized spacial score (nSPS) is 58.0. The molecule has 5 aliphatic rings. The molecule has 0 aromatic carbocycles. The first kappa shape index (κ1) is 15.6. The molecule has 0 aromatic rings. The topological polar surface area (TPSA) is 49.8 Å². The van der Waals surface area contributed by atoms with E-state index in [2.05, 4.69) is 19.9 Å². The third-order valence-corrected chi connectivity index (χ3v) is 8.93. The summed E-state index contributed by atoms with van der Waals surface area (Å²) >= 11 is 0. The Labute approximate surface area is 144 Å². The summed E-state index contributed by atoms with van der Waals surface area (Å²) in [5.41, 5.74) is 1.57. The van der Waals surface area contributed by atoms with Crippen LogP contribution in [0.15, 0.2) is 11.6 Å². The number of carbonyl (C=O) groups is 1. The van der Waals surface area contributed by atoms with E-state index in [1.54, 1.807) is 6.92 Å². The van der Waals surface area contributed by atoms with Gasteiger partial charge in [0.05, 0.1) is 6.10 Å². The van der Waals surface area contributed by atoms with Crippen LogP contribution >= 0.6 is 0 Å². The maximum absolute atomic E-state index is 12.2. The molecule has 3 heteroatoms. The molecule has 0 radical (unpaired) electrons. The van der Waals surface area contributed by atoms with Gasteiger partial charge in [0.25, 0.3) is 0 Å². The molecule has 4 fully saturated rings. The molecule has 4 unspecified atom stereocenters. The molecule has 1 aliphatic heterocycles. The average molecular weight is 330 g/mol. The van der Waals surface area contributed by atoms with Crippen LogP contribution in [0.4, 0.5) is 0 Å². The first-order valence-electron chi connectivity index (χ1n) is 9.88. The fraction of sp³-hybridized carbons (Fsp3) is 0.857. The minimum absolute atomic E-state index is 0.136. The summed E-state index contributed by atoms with van der Waals surface area (Å²) in [7, 11) is 0. The van der Waals surface area contributed by atoms with Crippen molar-refractivity contribution < 1.29 is 14.6 Å². The van der Waals surface area contributed by atoms with Crippen LogP contribution < -0.4 is 0 Å². The van der Waals surface area contributed by atoms with Crippen molar-refractivity contribution >= 4 is 5.78 Å². The summed E-state index contributed by atoms with van der Waals surface area (Å²) in [4.78, 5) is 12.2. The highest BCUT2D eigenvalue weighted by molar-refractivity contribution is 5.89. The van der Waals surface area contributed by atoms with Gasteiger partial charge in [0.15, 0.2) is 11.4 Å². The van der Waals surface area contributed by atoms with Gasteiger partial charge >= 0.3 is 0 Å². The minimum atomic E-state index is -0.429. The van der Waals surface area contributed by atoms with Gasteiger partial charge in [-0.05, 0) is 75.0 Å². The number of aliphatic hydroxyl groups is 1. The predicted molar refractivity (Wildman–Crippen MR) is 91.4 cm³/mol. The van der Waals surface area contributed by atoms with Gasteiger partial charge in [-0.1, -0.05) is 25.5 Å². The smallest absolute Gasteiger partial charge is 0.164 e. The average Bonchev–Trinajstić information content (AvgIpc) is 3.22. The molecule has 3 saturated carbocycles. The molecule has 3 nitrogen and oxygen atoms in total. The fourth-order valence-electron chi connectivity index (χ4n) is 7.44. The summed E-state index contributed by atoms with van der Waals surface area (Å²) in [6.45, 7) is 6.57. The number of Topliss-reactive ketones (excluding diaryl/α,β-unsaturated/α-hetero) is 1. The predicted octanol–water partition coefficient (Wildman–Crippen LogP) is 3.65. The Hall–Kier alpha value is -0.670. The highest BCUT2D eigenvalue weighted by Crippen LogP contribution is 2.72. The lowest BCUT2D eigenvalue weighted by molar-refractivity contribution is -0.123. The highest BCUT2D eigenvalue weighted by Gasteiger charge is 2.77. The maximum Gasteiger partial charge on any atom is 0.164 e. The third-order valence-electron chi connectivity index (χ3n) is 8.93. The Bertz CT molecular complexity index is 639. The molecule has 1 heterocycles. The largest absolute Gasteiger partial charge is 0.393 e. The Balaban J connectivity index is 1.50. The highest BCUT2D eigenvalue weighted by atomic mass is 16.6. The molecular weight excluding hydrogens is 300 g/mol. The quantitative estimate of drug-likeness (QED) is 0.590. The molecule has 8 atom stereocenters. The second kappa shape index (κ2) is 4.54. The Kier molecular flexibility index (Phi) is 2.94. The van der Waals surface area contributed by atoms with Gasteiger partial charge in [0.2, 0.25) is 0 Å². The first-order chi connectivity index (χ1) is 11.3. The fourth-order valence-corrected chi connectivity index (χ4v) is 7.44. The van der Waals surface area contributed by atoms with E-state index in [-0.39, 0.29) is 28.8 Å². The van der Waals surface area contributed by atoms with Crippen molar-refractivity contribution in [2.24, 2.45) is 28.6 Å². The number of carbonyl (C=O) groups excluding carboxylic acids is 1. The first-order valence-corrected chi connectivity index (χ1v) is 9.88. The summed E-state index contributed by atoms with van der Waals surface area (Å²) < 4.78 is 6.00. The Morgan fingerprint density at radius 2 is 2.04 bits per heavy atom.